The molecule has 0 unspecified atom stereocenters. The van der Waals surface area contributed by atoms with Crippen molar-refractivity contribution in [3.05, 3.63) is 47.4 Å². The van der Waals surface area contributed by atoms with E-state index < -0.39 is 0 Å². The third-order valence-electron chi connectivity index (χ3n) is 1.76. The quantitative estimate of drug-likeness (QED) is 0.653. The van der Waals surface area contributed by atoms with E-state index in [1.807, 2.05) is 0 Å². The summed E-state index contributed by atoms with van der Waals surface area (Å²) in [6.07, 6.45) is 4.41. The summed E-state index contributed by atoms with van der Waals surface area (Å²) in [6.45, 7) is 2.12. The first-order chi connectivity index (χ1) is 6.27. The van der Waals surface area contributed by atoms with Gasteiger partial charge >= 0.3 is 33.5 Å². The van der Waals surface area contributed by atoms with E-state index in [-0.39, 0.29) is 13.4 Å². The van der Waals surface area contributed by atoms with Gasteiger partial charge < -0.3 is 0 Å². The van der Waals surface area contributed by atoms with Gasteiger partial charge in [0, 0.05) is 6.42 Å². The van der Waals surface area contributed by atoms with Crippen molar-refractivity contribution >= 4 is 26.2 Å². The molecule has 3 heteroatoms. The Morgan fingerprint density at radius 2 is 1.62 bits per heavy atom. The van der Waals surface area contributed by atoms with E-state index in [0.717, 1.165) is 0 Å². The van der Waals surface area contributed by atoms with Crippen molar-refractivity contribution in [1.82, 2.24) is 0 Å². The van der Waals surface area contributed by atoms with Crippen molar-refractivity contribution in [3.8, 4) is 0 Å². The fourth-order valence-electron chi connectivity index (χ4n) is 1.31. The van der Waals surface area contributed by atoms with Gasteiger partial charge in [-0.15, -0.1) is 0 Å². The van der Waals surface area contributed by atoms with E-state index in [0.29, 0.717) is 0 Å². The third-order valence-corrected chi connectivity index (χ3v) is 1.76. The number of hydrogen-bond acceptors (Lipinski definition) is 0. The molecule has 13 heavy (non-hydrogen) atoms. The number of halogens is 2. The Morgan fingerprint density at radius 3 is 2.15 bits per heavy atom. The summed E-state index contributed by atoms with van der Waals surface area (Å²) < 4.78 is 0. The standard InChI is InChI=1S/C10H9.2ClH.Cr/c1-8-6-9-4-2-3-5-10(9)7-8;;;/h2-7H,1H3;2*1H;/q;;;+2/p-2. The number of fused-ring (bicyclic) bond motifs is 1. The zero-order chi connectivity index (χ0) is 9.68. The zero-order valence-corrected chi connectivity index (χ0v) is 9.92. The van der Waals surface area contributed by atoms with Crippen LogP contribution in [0.3, 0.4) is 0 Å². The molecule has 0 bridgehead atoms. The normalized spacial score (nSPS) is 12.7. The molecule has 1 aliphatic carbocycles. The van der Waals surface area contributed by atoms with Crippen LogP contribution in [0.15, 0.2) is 29.8 Å². The number of rotatable bonds is 0. The van der Waals surface area contributed by atoms with Crippen LogP contribution in [0.2, 0.25) is 0 Å². The Bertz CT molecular complexity index is 308. The summed E-state index contributed by atoms with van der Waals surface area (Å²) in [5, 5.41) is 0. The fourth-order valence-corrected chi connectivity index (χ4v) is 1.31. The molecule has 0 N–H and O–H groups in total. The van der Waals surface area contributed by atoms with Crippen LogP contribution in [0.4, 0.5) is 0 Å². The molecule has 0 aromatic heterocycles. The molecule has 69 valence electrons. The zero-order valence-electron chi connectivity index (χ0n) is 7.13. The van der Waals surface area contributed by atoms with Crippen LogP contribution in [0.5, 0.6) is 0 Å². The van der Waals surface area contributed by atoms with E-state index in [9.17, 15) is 0 Å². The minimum atomic E-state index is -0.181. The molecule has 1 radical (unpaired) electrons. The van der Waals surface area contributed by atoms with E-state index in [2.05, 4.69) is 43.7 Å². The molecule has 0 heterocycles. The summed E-state index contributed by atoms with van der Waals surface area (Å²) in [4.78, 5) is 0. The first-order valence-corrected chi connectivity index (χ1v) is 7.30. The average Bonchev–Trinajstić information content (AvgIpc) is 2.45. The van der Waals surface area contributed by atoms with Gasteiger partial charge in [0.2, 0.25) is 0 Å². The van der Waals surface area contributed by atoms with Gasteiger partial charge in [0.25, 0.3) is 0 Å². The molecular weight excluding hydrogens is 243 g/mol. The molecule has 1 aromatic rings. The third kappa shape index (κ3) is 3.37. The minimum absolute atomic E-state index is 0.181. The van der Waals surface area contributed by atoms with Crippen molar-refractivity contribution in [2.45, 2.75) is 6.92 Å². The Morgan fingerprint density at radius 1 is 1.08 bits per heavy atom. The maximum absolute atomic E-state index is 4.83. The SMILES string of the molecule is CC1=Cc2ccccc2[CH]1.[Cl][Cr][Cl]. The number of allylic oxidation sites excluding steroid dienone is 1. The van der Waals surface area contributed by atoms with Crippen LogP contribution >= 0.6 is 20.1 Å². The molecular formula is C10H9Cl2Cr. The molecule has 0 aliphatic heterocycles. The van der Waals surface area contributed by atoms with Gasteiger partial charge in [-0.25, -0.2) is 0 Å². The first-order valence-electron chi connectivity index (χ1n) is 3.79. The van der Waals surface area contributed by atoms with E-state index in [1.54, 1.807) is 0 Å². The predicted octanol–water partition coefficient (Wildman–Crippen LogP) is 4.03. The summed E-state index contributed by atoms with van der Waals surface area (Å²) in [7, 11) is 9.65. The van der Waals surface area contributed by atoms with Crippen LogP contribution in [-0.2, 0) is 13.4 Å². The van der Waals surface area contributed by atoms with Crippen LogP contribution < -0.4 is 0 Å². The van der Waals surface area contributed by atoms with Gasteiger partial charge in [-0.1, -0.05) is 35.9 Å². The van der Waals surface area contributed by atoms with E-state index in [4.69, 9.17) is 20.1 Å². The van der Waals surface area contributed by atoms with Gasteiger partial charge in [-0.2, -0.15) is 0 Å². The summed E-state index contributed by atoms with van der Waals surface area (Å²) in [5.41, 5.74) is 4.04. The first kappa shape index (κ1) is 11.1. The van der Waals surface area contributed by atoms with Gasteiger partial charge in [0.05, 0.1) is 0 Å². The molecule has 0 atom stereocenters. The molecule has 0 saturated heterocycles. The Balaban J connectivity index is 0.000000251. The van der Waals surface area contributed by atoms with Crippen LogP contribution in [0.25, 0.3) is 6.08 Å². The van der Waals surface area contributed by atoms with E-state index in [1.165, 1.54) is 16.7 Å². The summed E-state index contributed by atoms with van der Waals surface area (Å²) >= 11 is -0.181. The molecule has 1 aromatic carbocycles. The topological polar surface area (TPSA) is 0 Å². The number of benzene rings is 1. The van der Waals surface area contributed by atoms with Gasteiger partial charge in [-0.05, 0) is 18.1 Å². The molecule has 0 nitrogen and oxygen atoms in total. The Labute approximate surface area is 93.7 Å². The van der Waals surface area contributed by atoms with Crippen molar-refractivity contribution in [2.75, 3.05) is 0 Å². The maximum atomic E-state index is 4.83. The Kier molecular flexibility index (Phi) is 4.91. The predicted molar refractivity (Wildman–Crippen MR) is 55.2 cm³/mol. The number of hydrogen-bond donors (Lipinski definition) is 0. The average molecular weight is 252 g/mol. The van der Waals surface area contributed by atoms with Crippen molar-refractivity contribution in [2.24, 2.45) is 0 Å². The second-order valence-electron chi connectivity index (χ2n) is 2.72. The van der Waals surface area contributed by atoms with Crippen LogP contribution in [-0.4, -0.2) is 0 Å². The van der Waals surface area contributed by atoms with Gasteiger partial charge in [0.15, 0.2) is 0 Å². The molecule has 0 amide bonds. The second kappa shape index (κ2) is 5.73. The molecule has 0 saturated carbocycles. The van der Waals surface area contributed by atoms with Crippen LogP contribution in [0, 0.1) is 6.42 Å². The van der Waals surface area contributed by atoms with Crippen molar-refractivity contribution in [3.63, 3.8) is 0 Å². The fraction of sp³-hybridized carbons (Fsp3) is 0.100. The summed E-state index contributed by atoms with van der Waals surface area (Å²) in [5.74, 6) is 0. The second-order valence-corrected chi connectivity index (χ2v) is 4.83. The van der Waals surface area contributed by atoms with Crippen LogP contribution in [0.1, 0.15) is 18.1 Å². The van der Waals surface area contributed by atoms with E-state index >= 15 is 0 Å². The monoisotopic (exact) mass is 251 g/mol. The van der Waals surface area contributed by atoms with Gasteiger partial charge in [-0.3, -0.25) is 0 Å². The van der Waals surface area contributed by atoms with Crippen molar-refractivity contribution in [1.29, 1.82) is 0 Å². The molecule has 0 fully saturated rings. The molecule has 0 spiro atoms. The van der Waals surface area contributed by atoms with Gasteiger partial charge in [0.1, 0.15) is 0 Å². The van der Waals surface area contributed by atoms with Crippen molar-refractivity contribution < 1.29 is 13.4 Å². The molecule has 1 aliphatic rings. The molecule has 2 rings (SSSR count). The Hall–Kier alpha value is 0.0725. The summed E-state index contributed by atoms with van der Waals surface area (Å²) in [6, 6.07) is 8.42.